The Morgan fingerprint density at radius 1 is 1.38 bits per heavy atom. The third kappa shape index (κ3) is 4.09. The zero-order valence-electron chi connectivity index (χ0n) is 13.2. The van der Waals surface area contributed by atoms with Crippen LogP contribution < -0.4 is 5.32 Å². The first-order chi connectivity index (χ1) is 9.70. The van der Waals surface area contributed by atoms with Gasteiger partial charge in [-0.2, -0.15) is 0 Å². The summed E-state index contributed by atoms with van der Waals surface area (Å²) in [4.78, 5) is 38.1. The molecule has 1 unspecified atom stereocenters. The molecule has 1 saturated heterocycles. The Labute approximate surface area is 125 Å². The summed E-state index contributed by atoms with van der Waals surface area (Å²) in [5.41, 5.74) is -0.457. The third-order valence-corrected chi connectivity index (χ3v) is 4.03. The highest BCUT2D eigenvalue weighted by Crippen LogP contribution is 2.35. The molecule has 0 aromatic heterocycles. The first-order valence-electron chi connectivity index (χ1n) is 7.16. The molecule has 0 radical (unpaired) electrons. The van der Waals surface area contributed by atoms with Crippen molar-refractivity contribution in [3.8, 4) is 0 Å². The molecule has 2 N–H and O–H groups in total. The van der Waals surface area contributed by atoms with Crippen LogP contribution in [-0.2, 0) is 9.59 Å². The fraction of sp³-hybridized carbons (Fsp3) is 0.786. The van der Waals surface area contributed by atoms with E-state index in [1.165, 1.54) is 16.8 Å². The number of carboxylic acid groups (broad SMARTS) is 1. The van der Waals surface area contributed by atoms with Crippen LogP contribution in [0.5, 0.6) is 0 Å². The number of nitrogens with one attached hydrogen (secondary N) is 1. The van der Waals surface area contributed by atoms with Gasteiger partial charge in [-0.1, -0.05) is 13.8 Å². The quantitative estimate of drug-likeness (QED) is 0.801. The SMILES string of the molecule is CNC(=O)CCN(C)C(=O)N1CCCC(C)(C)C1C(=O)O. The van der Waals surface area contributed by atoms with Crippen molar-refractivity contribution in [2.45, 2.75) is 39.2 Å². The van der Waals surface area contributed by atoms with Gasteiger partial charge >= 0.3 is 12.0 Å². The maximum atomic E-state index is 12.5. The number of hydrogen-bond donors (Lipinski definition) is 2. The van der Waals surface area contributed by atoms with E-state index in [2.05, 4.69) is 5.32 Å². The lowest BCUT2D eigenvalue weighted by Gasteiger charge is -2.45. The third-order valence-electron chi connectivity index (χ3n) is 4.03. The summed E-state index contributed by atoms with van der Waals surface area (Å²) in [6.07, 6.45) is 1.76. The summed E-state index contributed by atoms with van der Waals surface area (Å²) in [6, 6.07) is -1.17. The average molecular weight is 299 g/mol. The van der Waals surface area contributed by atoms with Gasteiger partial charge in [0.1, 0.15) is 6.04 Å². The van der Waals surface area contributed by atoms with Crippen LogP contribution in [0.25, 0.3) is 0 Å². The summed E-state index contributed by atoms with van der Waals surface area (Å²) in [5.74, 6) is -1.13. The van der Waals surface area contributed by atoms with Crippen LogP contribution in [0.4, 0.5) is 4.79 Å². The molecule has 3 amide bonds. The zero-order valence-corrected chi connectivity index (χ0v) is 13.2. The normalized spacial score (nSPS) is 20.8. The first kappa shape index (κ1) is 17.3. The number of nitrogens with zero attached hydrogens (tertiary/aromatic N) is 2. The van der Waals surface area contributed by atoms with E-state index in [9.17, 15) is 19.5 Å². The van der Waals surface area contributed by atoms with Crippen molar-refractivity contribution >= 4 is 17.9 Å². The summed E-state index contributed by atoms with van der Waals surface area (Å²) in [5, 5.41) is 11.9. The van der Waals surface area contributed by atoms with Crippen molar-refractivity contribution in [3.63, 3.8) is 0 Å². The molecule has 120 valence electrons. The molecule has 0 spiro atoms. The largest absolute Gasteiger partial charge is 0.480 e. The second-order valence-electron chi connectivity index (χ2n) is 6.15. The summed E-state index contributed by atoms with van der Waals surface area (Å²) in [6.45, 7) is 4.44. The van der Waals surface area contributed by atoms with Gasteiger partial charge in [0.15, 0.2) is 0 Å². The van der Waals surface area contributed by atoms with Gasteiger partial charge in [0.25, 0.3) is 0 Å². The van der Waals surface area contributed by atoms with Crippen molar-refractivity contribution in [2.75, 3.05) is 27.2 Å². The molecule has 1 atom stereocenters. The molecule has 1 aliphatic rings. The molecule has 0 aromatic carbocycles. The predicted molar refractivity (Wildman–Crippen MR) is 77.9 cm³/mol. The monoisotopic (exact) mass is 299 g/mol. The lowest BCUT2D eigenvalue weighted by molar-refractivity contribution is -0.148. The molecule has 0 bridgehead atoms. The number of hydrogen-bond acceptors (Lipinski definition) is 3. The van der Waals surface area contributed by atoms with E-state index >= 15 is 0 Å². The van der Waals surface area contributed by atoms with E-state index in [4.69, 9.17) is 0 Å². The summed E-state index contributed by atoms with van der Waals surface area (Å²) >= 11 is 0. The van der Waals surface area contributed by atoms with Crippen LogP contribution in [-0.4, -0.2) is 66.0 Å². The molecule has 1 fully saturated rings. The summed E-state index contributed by atoms with van der Waals surface area (Å²) < 4.78 is 0. The van der Waals surface area contributed by atoms with Gasteiger partial charge in [-0.05, 0) is 18.3 Å². The first-order valence-corrected chi connectivity index (χ1v) is 7.16. The fourth-order valence-electron chi connectivity index (χ4n) is 2.78. The van der Waals surface area contributed by atoms with Gasteiger partial charge in [-0.25, -0.2) is 9.59 Å². The highest BCUT2D eigenvalue weighted by Gasteiger charge is 2.45. The Morgan fingerprint density at radius 2 is 2.00 bits per heavy atom. The molecule has 0 aromatic rings. The van der Waals surface area contributed by atoms with E-state index in [0.717, 1.165) is 12.8 Å². The van der Waals surface area contributed by atoms with Gasteiger partial charge in [-0.15, -0.1) is 0 Å². The van der Waals surface area contributed by atoms with Gasteiger partial charge in [0.05, 0.1) is 0 Å². The number of urea groups is 1. The number of piperidine rings is 1. The molecule has 0 aliphatic carbocycles. The van der Waals surface area contributed by atoms with E-state index in [1.54, 1.807) is 7.05 Å². The Kier molecular flexibility index (Phi) is 5.57. The van der Waals surface area contributed by atoms with Crippen LogP contribution in [0, 0.1) is 5.41 Å². The van der Waals surface area contributed by atoms with Gasteiger partial charge < -0.3 is 20.2 Å². The number of carbonyl (C=O) groups is 3. The van der Waals surface area contributed by atoms with Gasteiger partial charge in [0.2, 0.25) is 5.91 Å². The molecule has 1 heterocycles. The van der Waals surface area contributed by atoms with E-state index in [-0.39, 0.29) is 24.9 Å². The number of likely N-dealkylation sites (tertiary alicyclic amines) is 1. The fourth-order valence-corrected chi connectivity index (χ4v) is 2.78. The maximum absolute atomic E-state index is 12.5. The van der Waals surface area contributed by atoms with Crippen molar-refractivity contribution < 1.29 is 19.5 Å². The Morgan fingerprint density at radius 3 is 2.52 bits per heavy atom. The smallest absolute Gasteiger partial charge is 0.327 e. The molecule has 21 heavy (non-hydrogen) atoms. The Balaban J connectivity index is 2.78. The highest BCUT2D eigenvalue weighted by atomic mass is 16.4. The molecular weight excluding hydrogens is 274 g/mol. The van der Waals surface area contributed by atoms with Crippen molar-refractivity contribution in [1.29, 1.82) is 0 Å². The number of aliphatic carboxylic acids is 1. The van der Waals surface area contributed by atoms with Crippen LogP contribution in [0.2, 0.25) is 0 Å². The minimum Gasteiger partial charge on any atom is -0.480 e. The van der Waals surface area contributed by atoms with Gasteiger partial charge in [-0.3, -0.25) is 4.79 Å². The van der Waals surface area contributed by atoms with E-state index in [1.807, 2.05) is 13.8 Å². The second kappa shape index (κ2) is 6.78. The molecule has 7 nitrogen and oxygen atoms in total. The highest BCUT2D eigenvalue weighted by molar-refractivity contribution is 5.84. The van der Waals surface area contributed by atoms with Gasteiger partial charge in [0, 0.05) is 33.6 Å². The Bertz CT molecular complexity index is 422. The second-order valence-corrected chi connectivity index (χ2v) is 6.15. The van der Waals surface area contributed by atoms with Crippen molar-refractivity contribution in [1.82, 2.24) is 15.1 Å². The van der Waals surface area contributed by atoms with Crippen LogP contribution in [0.15, 0.2) is 0 Å². The van der Waals surface area contributed by atoms with Crippen molar-refractivity contribution in [2.24, 2.45) is 5.41 Å². The number of carbonyl (C=O) groups excluding carboxylic acids is 2. The van der Waals surface area contributed by atoms with Crippen molar-refractivity contribution in [3.05, 3.63) is 0 Å². The predicted octanol–water partition coefficient (Wildman–Crippen LogP) is 0.750. The van der Waals surface area contributed by atoms with Crippen LogP contribution >= 0.6 is 0 Å². The Hall–Kier alpha value is -1.79. The summed E-state index contributed by atoms with van der Waals surface area (Å²) in [7, 11) is 3.13. The minimum atomic E-state index is -0.979. The number of amides is 3. The van der Waals surface area contributed by atoms with E-state index in [0.29, 0.717) is 6.54 Å². The topological polar surface area (TPSA) is 90.0 Å². The molecule has 1 aliphatic heterocycles. The lowest BCUT2D eigenvalue weighted by Crippen LogP contribution is -2.59. The number of rotatable bonds is 4. The number of carboxylic acids is 1. The maximum Gasteiger partial charge on any atom is 0.327 e. The van der Waals surface area contributed by atoms with Crippen LogP contribution in [0.3, 0.4) is 0 Å². The molecule has 1 rings (SSSR count). The molecular formula is C14H25N3O4. The van der Waals surface area contributed by atoms with Crippen LogP contribution in [0.1, 0.15) is 33.1 Å². The average Bonchev–Trinajstić information content (AvgIpc) is 2.41. The molecule has 0 saturated carbocycles. The minimum absolute atomic E-state index is 0.150. The van der Waals surface area contributed by atoms with E-state index < -0.39 is 17.4 Å². The molecule has 7 heteroatoms. The standard InChI is InChI=1S/C14H25N3O4/c1-14(2)7-5-8-17(11(14)12(19)20)13(21)16(4)9-6-10(18)15-3/h11H,5-9H2,1-4H3,(H,15,18)(H,19,20). The lowest BCUT2D eigenvalue weighted by atomic mass is 9.76. The zero-order chi connectivity index (χ0) is 16.2.